The van der Waals surface area contributed by atoms with Crippen LogP contribution in [-0.2, 0) is 0 Å². The summed E-state index contributed by atoms with van der Waals surface area (Å²) in [6, 6.07) is 15.5. The number of rotatable bonds is 6. The van der Waals surface area contributed by atoms with Gasteiger partial charge in [-0.2, -0.15) is 0 Å². The van der Waals surface area contributed by atoms with Crippen molar-refractivity contribution in [3.05, 3.63) is 72.1 Å². The number of nitrogens with one attached hydrogen (secondary N) is 2. The molecule has 26 heavy (non-hydrogen) atoms. The summed E-state index contributed by atoms with van der Waals surface area (Å²) < 4.78 is 0. The zero-order valence-electron chi connectivity index (χ0n) is 15.0. The van der Waals surface area contributed by atoms with Crippen molar-refractivity contribution in [2.24, 2.45) is 0 Å². The van der Waals surface area contributed by atoms with Gasteiger partial charge in [-0.3, -0.25) is 4.79 Å². The van der Waals surface area contributed by atoms with E-state index in [2.05, 4.69) is 51.8 Å². The fourth-order valence-corrected chi connectivity index (χ4v) is 2.50. The van der Waals surface area contributed by atoms with Crippen molar-refractivity contribution in [3.8, 4) is 11.1 Å². The summed E-state index contributed by atoms with van der Waals surface area (Å²) in [5.41, 5.74) is 4.65. The standard InChI is InChI=1S/C21H22N4O/c1-3-11-22-20(26)17-5-4-6-19(12-17)25-21-23-13-18(14-24-21)16-9-7-15(2)8-10-16/h4-10,12-14H,3,11H2,1-2H3,(H,22,26)(H,23,24,25). The number of carbonyl (C=O) groups is 1. The van der Waals surface area contributed by atoms with Gasteiger partial charge in [0.15, 0.2) is 0 Å². The lowest BCUT2D eigenvalue weighted by molar-refractivity contribution is 0.0953. The van der Waals surface area contributed by atoms with E-state index in [4.69, 9.17) is 0 Å². The molecule has 0 atom stereocenters. The average molecular weight is 346 g/mol. The number of aromatic nitrogens is 2. The van der Waals surface area contributed by atoms with Gasteiger partial charge >= 0.3 is 0 Å². The van der Waals surface area contributed by atoms with E-state index in [1.165, 1.54) is 5.56 Å². The van der Waals surface area contributed by atoms with E-state index in [0.717, 1.165) is 23.2 Å². The van der Waals surface area contributed by atoms with Gasteiger partial charge in [-0.1, -0.05) is 42.8 Å². The van der Waals surface area contributed by atoms with Crippen LogP contribution in [0, 0.1) is 6.92 Å². The van der Waals surface area contributed by atoms with Crippen molar-refractivity contribution in [2.75, 3.05) is 11.9 Å². The van der Waals surface area contributed by atoms with Crippen LogP contribution in [0.1, 0.15) is 29.3 Å². The van der Waals surface area contributed by atoms with Gasteiger partial charge in [-0.15, -0.1) is 0 Å². The van der Waals surface area contributed by atoms with E-state index in [1.54, 1.807) is 24.5 Å². The van der Waals surface area contributed by atoms with Gasteiger partial charge in [0.1, 0.15) is 0 Å². The molecule has 0 aliphatic rings. The van der Waals surface area contributed by atoms with E-state index < -0.39 is 0 Å². The Balaban J connectivity index is 1.71. The normalized spacial score (nSPS) is 10.4. The molecule has 5 heteroatoms. The third-order valence-electron chi connectivity index (χ3n) is 3.95. The molecule has 2 aromatic carbocycles. The topological polar surface area (TPSA) is 66.9 Å². The van der Waals surface area contributed by atoms with Gasteiger partial charge in [0, 0.05) is 35.8 Å². The number of aryl methyl sites for hydroxylation is 1. The minimum absolute atomic E-state index is 0.0777. The lowest BCUT2D eigenvalue weighted by Gasteiger charge is -2.08. The largest absolute Gasteiger partial charge is 0.352 e. The Morgan fingerprint density at radius 2 is 1.73 bits per heavy atom. The molecule has 0 saturated carbocycles. The van der Waals surface area contributed by atoms with Crippen LogP contribution in [0.15, 0.2) is 60.9 Å². The van der Waals surface area contributed by atoms with Crippen molar-refractivity contribution < 1.29 is 4.79 Å². The van der Waals surface area contributed by atoms with Crippen molar-refractivity contribution >= 4 is 17.5 Å². The molecule has 0 unspecified atom stereocenters. The summed E-state index contributed by atoms with van der Waals surface area (Å²) in [7, 11) is 0. The molecule has 0 aliphatic heterocycles. The predicted molar refractivity (Wildman–Crippen MR) is 105 cm³/mol. The number of hydrogen-bond acceptors (Lipinski definition) is 4. The van der Waals surface area contributed by atoms with Crippen molar-refractivity contribution in [3.63, 3.8) is 0 Å². The monoisotopic (exact) mass is 346 g/mol. The Kier molecular flexibility index (Phi) is 5.59. The number of benzene rings is 2. The first-order valence-electron chi connectivity index (χ1n) is 8.70. The van der Waals surface area contributed by atoms with Crippen LogP contribution in [0.25, 0.3) is 11.1 Å². The highest BCUT2D eigenvalue weighted by Crippen LogP contribution is 2.20. The second-order valence-corrected chi connectivity index (χ2v) is 6.12. The highest BCUT2D eigenvalue weighted by molar-refractivity contribution is 5.95. The molecule has 0 spiro atoms. The van der Waals surface area contributed by atoms with Crippen molar-refractivity contribution in [2.45, 2.75) is 20.3 Å². The third kappa shape index (κ3) is 4.45. The second kappa shape index (κ2) is 8.25. The van der Waals surface area contributed by atoms with E-state index in [9.17, 15) is 4.79 Å². The molecule has 2 N–H and O–H groups in total. The van der Waals surface area contributed by atoms with Crippen LogP contribution < -0.4 is 10.6 Å². The van der Waals surface area contributed by atoms with Crippen LogP contribution in [0.3, 0.4) is 0 Å². The molecule has 0 aliphatic carbocycles. The average Bonchev–Trinajstić information content (AvgIpc) is 2.67. The zero-order chi connectivity index (χ0) is 18.4. The first kappa shape index (κ1) is 17.6. The minimum atomic E-state index is -0.0777. The predicted octanol–water partition coefficient (Wildman–Crippen LogP) is 4.34. The summed E-state index contributed by atoms with van der Waals surface area (Å²) >= 11 is 0. The second-order valence-electron chi connectivity index (χ2n) is 6.12. The zero-order valence-corrected chi connectivity index (χ0v) is 15.0. The summed E-state index contributed by atoms with van der Waals surface area (Å²) in [6.45, 7) is 4.75. The van der Waals surface area contributed by atoms with Crippen LogP contribution in [-0.4, -0.2) is 22.4 Å². The molecule has 1 amide bonds. The SMILES string of the molecule is CCCNC(=O)c1cccc(Nc2ncc(-c3ccc(C)cc3)cn2)c1. The van der Waals surface area contributed by atoms with Gasteiger partial charge in [-0.25, -0.2) is 9.97 Å². The number of carbonyl (C=O) groups excluding carboxylic acids is 1. The Morgan fingerprint density at radius 3 is 2.42 bits per heavy atom. The van der Waals surface area contributed by atoms with Gasteiger partial charge in [0.25, 0.3) is 5.91 Å². The van der Waals surface area contributed by atoms with Gasteiger partial charge in [0.2, 0.25) is 5.95 Å². The summed E-state index contributed by atoms with van der Waals surface area (Å²) in [6.07, 6.45) is 4.49. The molecule has 1 aromatic heterocycles. The highest BCUT2D eigenvalue weighted by Gasteiger charge is 2.06. The molecule has 1 heterocycles. The number of amides is 1. The molecule has 132 valence electrons. The van der Waals surface area contributed by atoms with Crippen LogP contribution in [0.5, 0.6) is 0 Å². The van der Waals surface area contributed by atoms with E-state index in [-0.39, 0.29) is 5.91 Å². The minimum Gasteiger partial charge on any atom is -0.352 e. The van der Waals surface area contributed by atoms with Crippen LogP contribution in [0.2, 0.25) is 0 Å². The van der Waals surface area contributed by atoms with Gasteiger partial charge < -0.3 is 10.6 Å². The van der Waals surface area contributed by atoms with Gasteiger partial charge in [-0.05, 0) is 37.1 Å². The van der Waals surface area contributed by atoms with Crippen LogP contribution in [0.4, 0.5) is 11.6 Å². The quantitative estimate of drug-likeness (QED) is 0.697. The Labute approximate surface area is 153 Å². The smallest absolute Gasteiger partial charge is 0.251 e. The summed E-state index contributed by atoms with van der Waals surface area (Å²) in [4.78, 5) is 20.8. The highest BCUT2D eigenvalue weighted by atomic mass is 16.1. The van der Waals surface area contributed by atoms with E-state index in [1.807, 2.05) is 19.1 Å². The maximum absolute atomic E-state index is 12.1. The molecule has 0 bridgehead atoms. The summed E-state index contributed by atoms with van der Waals surface area (Å²) in [5.74, 6) is 0.415. The fourth-order valence-electron chi connectivity index (χ4n) is 2.50. The van der Waals surface area contributed by atoms with Crippen molar-refractivity contribution in [1.82, 2.24) is 15.3 Å². The fraction of sp³-hybridized carbons (Fsp3) is 0.190. The number of hydrogen-bond donors (Lipinski definition) is 2. The molecule has 3 aromatic rings. The van der Waals surface area contributed by atoms with Gasteiger partial charge in [0.05, 0.1) is 0 Å². The maximum Gasteiger partial charge on any atom is 0.251 e. The molecular weight excluding hydrogens is 324 g/mol. The number of anilines is 2. The lowest BCUT2D eigenvalue weighted by Crippen LogP contribution is -2.23. The van der Waals surface area contributed by atoms with E-state index in [0.29, 0.717) is 18.1 Å². The first-order valence-corrected chi connectivity index (χ1v) is 8.70. The lowest BCUT2D eigenvalue weighted by atomic mass is 10.1. The summed E-state index contributed by atoms with van der Waals surface area (Å²) in [5, 5.41) is 6.01. The Bertz CT molecular complexity index is 873. The molecule has 0 fully saturated rings. The third-order valence-corrected chi connectivity index (χ3v) is 3.95. The molecule has 5 nitrogen and oxygen atoms in total. The molecular formula is C21H22N4O. The first-order chi connectivity index (χ1) is 12.7. The van der Waals surface area contributed by atoms with Crippen LogP contribution >= 0.6 is 0 Å². The molecule has 0 radical (unpaired) electrons. The maximum atomic E-state index is 12.1. The Morgan fingerprint density at radius 1 is 1.00 bits per heavy atom. The molecule has 0 saturated heterocycles. The molecule has 3 rings (SSSR count). The Hall–Kier alpha value is -3.21. The van der Waals surface area contributed by atoms with Crippen molar-refractivity contribution in [1.29, 1.82) is 0 Å². The number of nitrogens with zero attached hydrogens (tertiary/aromatic N) is 2. The van der Waals surface area contributed by atoms with E-state index >= 15 is 0 Å².